The summed E-state index contributed by atoms with van der Waals surface area (Å²) in [6, 6.07) is 29.9. The smallest absolute Gasteiger partial charge is 0.244 e. The molecule has 10 heteroatoms. The van der Waals surface area contributed by atoms with Crippen LogP contribution < -0.4 is 14.4 Å². The van der Waals surface area contributed by atoms with E-state index in [2.05, 4.69) is 5.32 Å². The van der Waals surface area contributed by atoms with E-state index in [1.165, 1.54) is 23.1 Å². The Morgan fingerprint density at radius 1 is 0.822 bits per heavy atom. The molecular weight excluding hydrogens is 593 g/mol. The number of ether oxygens (including phenoxy) is 1. The lowest BCUT2D eigenvalue weighted by molar-refractivity contribution is -0.140. The van der Waals surface area contributed by atoms with Gasteiger partial charge in [-0.05, 0) is 55.3 Å². The van der Waals surface area contributed by atoms with Crippen LogP contribution in [-0.4, -0.2) is 50.0 Å². The molecule has 0 aliphatic carbocycles. The fourth-order valence-corrected chi connectivity index (χ4v) is 5.66. The number of hydrogen-bond donors (Lipinski definition) is 1. The average molecular weight is 632 g/mol. The van der Waals surface area contributed by atoms with Gasteiger partial charge >= 0.3 is 0 Å². The molecule has 4 aromatic carbocycles. The molecule has 4 aromatic rings. The number of carbonyl (C=O) groups excluding carboxylic acids is 2. The molecule has 1 N–H and O–H groups in total. The van der Waals surface area contributed by atoms with Gasteiger partial charge in [0.25, 0.3) is 0 Å². The third-order valence-corrected chi connectivity index (χ3v) is 8.19. The monoisotopic (exact) mass is 631 g/mol. The molecule has 0 aromatic heterocycles. The van der Waals surface area contributed by atoms with E-state index in [1.807, 2.05) is 60.7 Å². The molecule has 0 saturated heterocycles. The largest absolute Gasteiger partial charge is 0.489 e. The maximum absolute atomic E-state index is 14.9. The third kappa shape index (κ3) is 9.64. The molecule has 0 heterocycles. The van der Waals surface area contributed by atoms with Crippen LogP contribution in [0.4, 0.5) is 10.1 Å². The number of nitrogens with one attached hydrogen (secondary N) is 1. The first-order chi connectivity index (χ1) is 21.5. The summed E-state index contributed by atoms with van der Waals surface area (Å²) >= 11 is 0. The highest BCUT2D eigenvalue weighted by atomic mass is 32.2. The summed E-state index contributed by atoms with van der Waals surface area (Å²) in [7, 11) is -3.95. The van der Waals surface area contributed by atoms with Gasteiger partial charge in [-0.3, -0.25) is 13.9 Å². The average Bonchev–Trinajstić information content (AvgIpc) is 3.01. The second kappa shape index (κ2) is 15.3. The van der Waals surface area contributed by atoms with Crippen molar-refractivity contribution in [2.24, 2.45) is 0 Å². The van der Waals surface area contributed by atoms with Crippen molar-refractivity contribution < 1.29 is 27.1 Å². The summed E-state index contributed by atoms with van der Waals surface area (Å²) in [6.07, 6.45) is 1.15. The Bertz CT molecular complexity index is 1670. The van der Waals surface area contributed by atoms with Crippen LogP contribution in [0.25, 0.3) is 0 Å². The van der Waals surface area contributed by atoms with Crippen LogP contribution >= 0.6 is 0 Å². The lowest BCUT2D eigenvalue weighted by Gasteiger charge is -2.34. The predicted molar refractivity (Wildman–Crippen MR) is 174 cm³/mol. The Morgan fingerprint density at radius 2 is 1.40 bits per heavy atom. The molecule has 45 heavy (non-hydrogen) atoms. The summed E-state index contributed by atoms with van der Waals surface area (Å²) in [4.78, 5) is 29.0. The second-order valence-electron chi connectivity index (χ2n) is 11.0. The molecule has 236 valence electrons. The zero-order valence-electron chi connectivity index (χ0n) is 25.6. The Balaban J connectivity index is 1.65. The van der Waals surface area contributed by atoms with Crippen LogP contribution in [0.3, 0.4) is 0 Å². The zero-order chi connectivity index (χ0) is 32.4. The van der Waals surface area contributed by atoms with Crippen LogP contribution in [0.15, 0.2) is 109 Å². The minimum atomic E-state index is -3.95. The van der Waals surface area contributed by atoms with Gasteiger partial charge in [0.1, 0.15) is 30.8 Å². The van der Waals surface area contributed by atoms with Gasteiger partial charge in [0.05, 0.1) is 11.9 Å². The molecule has 0 saturated carbocycles. The first-order valence-corrected chi connectivity index (χ1v) is 16.5. The van der Waals surface area contributed by atoms with E-state index in [0.717, 1.165) is 21.7 Å². The first kappa shape index (κ1) is 33.2. The number of sulfonamides is 1. The minimum Gasteiger partial charge on any atom is -0.489 e. The molecular formula is C35H38FN3O5S. The van der Waals surface area contributed by atoms with Crippen molar-refractivity contribution in [1.29, 1.82) is 0 Å². The van der Waals surface area contributed by atoms with Crippen LogP contribution in [0, 0.1) is 5.82 Å². The predicted octanol–water partition coefficient (Wildman–Crippen LogP) is 5.34. The van der Waals surface area contributed by atoms with E-state index in [-0.39, 0.29) is 30.3 Å². The van der Waals surface area contributed by atoms with E-state index in [9.17, 15) is 22.4 Å². The highest BCUT2D eigenvalue weighted by molar-refractivity contribution is 7.92. The number of anilines is 1. The molecule has 0 radical (unpaired) electrons. The molecule has 0 aliphatic rings. The molecule has 4 rings (SSSR count). The Hall–Kier alpha value is -4.70. The second-order valence-corrected chi connectivity index (χ2v) is 12.9. The van der Waals surface area contributed by atoms with Gasteiger partial charge in [0.15, 0.2) is 0 Å². The number of benzene rings is 4. The van der Waals surface area contributed by atoms with Crippen molar-refractivity contribution in [3.8, 4) is 5.75 Å². The standard InChI is InChI=1S/C35H38FN3O5S/c1-26(2)37-35(41)33(22-27-12-6-4-7-13-27)38(23-29-16-10-11-17-32(29)36)34(40)24-39(45(3,42)43)30-18-20-31(21-19-30)44-25-28-14-8-5-9-15-28/h4-21,26,33H,22-25H2,1-3H3,(H,37,41). The van der Waals surface area contributed by atoms with E-state index in [4.69, 9.17) is 4.74 Å². The molecule has 0 aliphatic heterocycles. The summed E-state index contributed by atoms with van der Waals surface area (Å²) < 4.78 is 47.7. The lowest BCUT2D eigenvalue weighted by Crippen LogP contribution is -2.54. The van der Waals surface area contributed by atoms with Crippen molar-refractivity contribution in [1.82, 2.24) is 10.2 Å². The number of halogens is 1. The summed E-state index contributed by atoms with van der Waals surface area (Å²) in [5, 5.41) is 2.87. The normalized spacial score (nSPS) is 11.9. The number of rotatable bonds is 14. The van der Waals surface area contributed by atoms with Gasteiger partial charge in [-0.2, -0.15) is 0 Å². The number of carbonyl (C=O) groups is 2. The van der Waals surface area contributed by atoms with Gasteiger partial charge in [-0.25, -0.2) is 12.8 Å². The number of hydrogen-bond acceptors (Lipinski definition) is 5. The minimum absolute atomic E-state index is 0.145. The summed E-state index contributed by atoms with van der Waals surface area (Å²) in [5.74, 6) is -1.10. The fraction of sp³-hybridized carbons (Fsp3) is 0.257. The van der Waals surface area contributed by atoms with E-state index in [0.29, 0.717) is 12.4 Å². The molecule has 8 nitrogen and oxygen atoms in total. The topological polar surface area (TPSA) is 96.0 Å². The molecule has 1 atom stereocenters. The van der Waals surface area contributed by atoms with Gasteiger partial charge < -0.3 is 15.0 Å². The molecule has 1 unspecified atom stereocenters. The molecule has 0 fully saturated rings. The summed E-state index contributed by atoms with van der Waals surface area (Å²) in [5.41, 5.74) is 2.22. The van der Waals surface area contributed by atoms with Crippen LogP contribution in [-0.2, 0) is 39.2 Å². The number of amides is 2. The Kier molecular flexibility index (Phi) is 11.3. The van der Waals surface area contributed by atoms with Gasteiger partial charge in [0, 0.05) is 24.6 Å². The van der Waals surface area contributed by atoms with E-state index >= 15 is 0 Å². The van der Waals surface area contributed by atoms with Gasteiger partial charge in [-0.15, -0.1) is 0 Å². The highest BCUT2D eigenvalue weighted by Crippen LogP contribution is 2.24. The van der Waals surface area contributed by atoms with Crippen LogP contribution in [0.2, 0.25) is 0 Å². The first-order valence-electron chi connectivity index (χ1n) is 14.6. The fourth-order valence-electron chi connectivity index (χ4n) is 4.81. The van der Waals surface area contributed by atoms with E-state index in [1.54, 1.807) is 44.2 Å². The van der Waals surface area contributed by atoms with Crippen molar-refractivity contribution in [3.05, 3.63) is 132 Å². The maximum atomic E-state index is 14.9. The van der Waals surface area contributed by atoms with Crippen molar-refractivity contribution >= 4 is 27.5 Å². The van der Waals surface area contributed by atoms with Crippen molar-refractivity contribution in [3.63, 3.8) is 0 Å². The summed E-state index contributed by atoms with van der Waals surface area (Å²) in [6.45, 7) is 3.11. The lowest BCUT2D eigenvalue weighted by atomic mass is 10.0. The third-order valence-electron chi connectivity index (χ3n) is 7.05. The van der Waals surface area contributed by atoms with Crippen molar-refractivity contribution in [2.75, 3.05) is 17.1 Å². The van der Waals surface area contributed by atoms with Gasteiger partial charge in [-0.1, -0.05) is 78.9 Å². The highest BCUT2D eigenvalue weighted by Gasteiger charge is 2.33. The van der Waals surface area contributed by atoms with Crippen LogP contribution in [0.5, 0.6) is 5.75 Å². The van der Waals surface area contributed by atoms with Crippen LogP contribution in [0.1, 0.15) is 30.5 Å². The quantitative estimate of drug-likeness (QED) is 0.203. The Labute approximate surface area is 264 Å². The van der Waals surface area contributed by atoms with E-state index < -0.39 is 40.2 Å². The molecule has 0 bridgehead atoms. The Morgan fingerprint density at radius 3 is 1.98 bits per heavy atom. The maximum Gasteiger partial charge on any atom is 0.244 e. The van der Waals surface area contributed by atoms with Gasteiger partial charge in [0.2, 0.25) is 21.8 Å². The SMILES string of the molecule is CC(C)NC(=O)C(Cc1ccccc1)N(Cc1ccccc1F)C(=O)CN(c1ccc(OCc2ccccc2)cc1)S(C)(=O)=O. The zero-order valence-corrected chi connectivity index (χ0v) is 26.4. The van der Waals surface area contributed by atoms with Crippen molar-refractivity contribution in [2.45, 2.75) is 45.5 Å². The molecule has 0 spiro atoms. The number of nitrogens with zero attached hydrogens (tertiary/aromatic N) is 2. The molecule has 2 amide bonds.